The van der Waals surface area contributed by atoms with Crippen molar-refractivity contribution < 1.29 is 0 Å². The molecule has 0 fully saturated rings. The number of thioether (sulfide) groups is 1. The molecule has 0 aromatic carbocycles. The predicted molar refractivity (Wildman–Crippen MR) is 58.5 cm³/mol. The summed E-state index contributed by atoms with van der Waals surface area (Å²) < 4.78 is 0.343. The van der Waals surface area contributed by atoms with Crippen LogP contribution in [-0.2, 0) is 0 Å². The normalized spacial score (nSPS) is 11.2. The van der Waals surface area contributed by atoms with Gasteiger partial charge in [-0.25, -0.2) is 0 Å². The first-order valence-electron chi connectivity index (χ1n) is 4.32. The molecule has 0 bridgehead atoms. The summed E-state index contributed by atoms with van der Waals surface area (Å²) in [6, 6.07) is 0. The second kappa shape index (κ2) is 6.39. The van der Waals surface area contributed by atoms with Crippen LogP contribution in [0.2, 0.25) is 0 Å². The molecule has 1 nitrogen and oxygen atoms in total. The van der Waals surface area contributed by atoms with Gasteiger partial charge in [0.25, 0.3) is 0 Å². The lowest BCUT2D eigenvalue weighted by atomic mass is 10.2. The summed E-state index contributed by atoms with van der Waals surface area (Å²) in [7, 11) is 0. The van der Waals surface area contributed by atoms with Gasteiger partial charge in [-0.3, -0.25) is 0 Å². The number of rotatable bonds is 6. The minimum atomic E-state index is 0.343. The monoisotopic (exact) mass is 185 g/mol. The number of terminal acetylenes is 1. The molecule has 0 spiro atoms. The molecule has 0 aromatic heterocycles. The van der Waals surface area contributed by atoms with Crippen molar-refractivity contribution in [2.75, 3.05) is 19.3 Å². The average Bonchev–Trinajstić information content (AvgIpc) is 2.04. The molecule has 0 amide bonds. The first-order chi connectivity index (χ1) is 5.62. The van der Waals surface area contributed by atoms with E-state index >= 15 is 0 Å². The Morgan fingerprint density at radius 2 is 2.17 bits per heavy atom. The maximum Gasteiger partial charge on any atom is 0.0225 e. The molecule has 0 unspecified atom stereocenters. The molecule has 0 aliphatic rings. The van der Waals surface area contributed by atoms with Crippen molar-refractivity contribution in [1.29, 1.82) is 0 Å². The maximum atomic E-state index is 5.14. The molecule has 70 valence electrons. The third-order valence-electron chi connectivity index (χ3n) is 1.78. The van der Waals surface area contributed by atoms with E-state index in [2.05, 4.69) is 31.3 Å². The number of unbranched alkanes of at least 4 members (excludes halogenated alkanes) is 1. The van der Waals surface area contributed by atoms with E-state index in [1.807, 2.05) is 11.8 Å². The molecular weight excluding hydrogens is 166 g/mol. The fraction of sp³-hybridized carbons (Fsp3) is 0.800. The Balaban J connectivity index is 3.26. The van der Waals surface area contributed by atoms with Gasteiger partial charge >= 0.3 is 0 Å². The first kappa shape index (κ1) is 11.9. The third kappa shape index (κ3) is 6.57. The maximum absolute atomic E-state index is 5.14. The van der Waals surface area contributed by atoms with Gasteiger partial charge in [0, 0.05) is 17.7 Å². The Kier molecular flexibility index (Phi) is 6.32. The third-order valence-corrected chi connectivity index (χ3v) is 3.03. The van der Waals surface area contributed by atoms with Crippen LogP contribution >= 0.6 is 11.8 Å². The molecule has 2 heteroatoms. The number of hydrogen-bond acceptors (Lipinski definition) is 2. The van der Waals surface area contributed by atoms with Crippen LogP contribution in [0.4, 0.5) is 0 Å². The summed E-state index contributed by atoms with van der Waals surface area (Å²) >= 11 is 1.89. The number of nitrogens with one attached hydrogen (secondary N) is 1. The summed E-state index contributed by atoms with van der Waals surface area (Å²) in [6.45, 7) is 6.57. The van der Waals surface area contributed by atoms with Crippen LogP contribution in [0.3, 0.4) is 0 Å². The van der Waals surface area contributed by atoms with Crippen LogP contribution in [0, 0.1) is 12.3 Å². The van der Waals surface area contributed by atoms with Gasteiger partial charge in [-0.2, -0.15) is 11.8 Å². The Morgan fingerprint density at radius 1 is 1.50 bits per heavy atom. The van der Waals surface area contributed by atoms with Gasteiger partial charge in [0.05, 0.1) is 0 Å². The van der Waals surface area contributed by atoms with Gasteiger partial charge in [-0.15, -0.1) is 12.3 Å². The summed E-state index contributed by atoms with van der Waals surface area (Å²) in [6.07, 6.45) is 9.25. The van der Waals surface area contributed by atoms with E-state index in [4.69, 9.17) is 6.42 Å². The lowest BCUT2D eigenvalue weighted by Gasteiger charge is -2.22. The molecule has 0 aliphatic carbocycles. The van der Waals surface area contributed by atoms with Crippen molar-refractivity contribution in [3.8, 4) is 12.3 Å². The number of hydrogen-bond donors (Lipinski definition) is 1. The SMILES string of the molecule is C#CCCCNCC(C)(C)SC. The van der Waals surface area contributed by atoms with Crippen LogP contribution < -0.4 is 5.32 Å². The smallest absolute Gasteiger partial charge is 0.0225 e. The second-order valence-corrected chi connectivity index (χ2v) is 4.96. The van der Waals surface area contributed by atoms with E-state index in [1.54, 1.807) is 0 Å². The highest BCUT2D eigenvalue weighted by Crippen LogP contribution is 2.19. The van der Waals surface area contributed by atoms with Crippen molar-refractivity contribution in [3.63, 3.8) is 0 Å². The molecule has 0 atom stereocenters. The quantitative estimate of drug-likeness (QED) is 0.502. The van der Waals surface area contributed by atoms with Gasteiger partial charge in [-0.1, -0.05) is 0 Å². The van der Waals surface area contributed by atoms with Crippen LogP contribution in [0.1, 0.15) is 26.7 Å². The molecule has 0 rings (SSSR count). The molecule has 0 radical (unpaired) electrons. The Labute approximate surface area is 80.7 Å². The molecule has 0 heterocycles. The highest BCUT2D eigenvalue weighted by molar-refractivity contribution is 7.99. The lowest BCUT2D eigenvalue weighted by molar-refractivity contribution is 0.580. The molecule has 0 saturated heterocycles. The van der Waals surface area contributed by atoms with Crippen molar-refractivity contribution in [2.24, 2.45) is 0 Å². The highest BCUT2D eigenvalue weighted by Gasteiger charge is 2.13. The van der Waals surface area contributed by atoms with Gasteiger partial charge in [-0.05, 0) is 33.1 Å². The van der Waals surface area contributed by atoms with E-state index in [1.165, 1.54) is 0 Å². The summed E-state index contributed by atoms with van der Waals surface area (Å²) in [4.78, 5) is 0. The summed E-state index contributed by atoms with van der Waals surface area (Å²) in [5.41, 5.74) is 0. The molecule has 0 saturated carbocycles. The van der Waals surface area contributed by atoms with E-state index in [0.29, 0.717) is 4.75 Å². The topological polar surface area (TPSA) is 12.0 Å². The van der Waals surface area contributed by atoms with Gasteiger partial charge in [0.15, 0.2) is 0 Å². The molecule has 12 heavy (non-hydrogen) atoms. The van der Waals surface area contributed by atoms with Crippen LogP contribution in [0.25, 0.3) is 0 Å². The van der Waals surface area contributed by atoms with E-state index in [-0.39, 0.29) is 0 Å². The molecular formula is C10H19NS. The Morgan fingerprint density at radius 3 is 2.67 bits per heavy atom. The van der Waals surface area contributed by atoms with Gasteiger partial charge in [0.1, 0.15) is 0 Å². The van der Waals surface area contributed by atoms with E-state index in [9.17, 15) is 0 Å². The van der Waals surface area contributed by atoms with Crippen molar-refractivity contribution in [1.82, 2.24) is 5.32 Å². The van der Waals surface area contributed by atoms with Crippen molar-refractivity contribution in [2.45, 2.75) is 31.4 Å². The second-order valence-electron chi connectivity index (χ2n) is 3.45. The van der Waals surface area contributed by atoms with Crippen LogP contribution in [0.5, 0.6) is 0 Å². The van der Waals surface area contributed by atoms with E-state index in [0.717, 1.165) is 25.9 Å². The zero-order valence-corrected chi connectivity index (χ0v) is 9.13. The highest BCUT2D eigenvalue weighted by atomic mass is 32.2. The summed E-state index contributed by atoms with van der Waals surface area (Å²) in [5, 5.41) is 3.40. The van der Waals surface area contributed by atoms with E-state index < -0.39 is 0 Å². The Hall–Kier alpha value is -0.130. The lowest BCUT2D eigenvalue weighted by Crippen LogP contribution is -2.32. The largest absolute Gasteiger partial charge is 0.315 e. The molecule has 0 aromatic rings. The van der Waals surface area contributed by atoms with Crippen LogP contribution in [-0.4, -0.2) is 24.1 Å². The van der Waals surface area contributed by atoms with Crippen molar-refractivity contribution in [3.05, 3.63) is 0 Å². The van der Waals surface area contributed by atoms with Gasteiger partial charge in [0.2, 0.25) is 0 Å². The molecule has 0 aliphatic heterocycles. The predicted octanol–water partition coefficient (Wildman–Crippen LogP) is 2.13. The average molecular weight is 185 g/mol. The fourth-order valence-electron chi connectivity index (χ4n) is 0.777. The van der Waals surface area contributed by atoms with Crippen molar-refractivity contribution >= 4 is 11.8 Å². The fourth-order valence-corrected chi connectivity index (χ4v) is 1.02. The minimum absolute atomic E-state index is 0.343. The van der Waals surface area contributed by atoms with Crippen LogP contribution in [0.15, 0.2) is 0 Å². The standard InChI is InChI=1S/C10H19NS/c1-5-6-7-8-11-9-10(2,3)12-4/h1,11H,6-9H2,2-4H3. The Bertz CT molecular complexity index is 146. The zero-order valence-electron chi connectivity index (χ0n) is 8.31. The molecule has 1 N–H and O–H groups in total. The van der Waals surface area contributed by atoms with Gasteiger partial charge < -0.3 is 5.32 Å². The minimum Gasteiger partial charge on any atom is -0.315 e. The zero-order chi connectivity index (χ0) is 9.45. The first-order valence-corrected chi connectivity index (χ1v) is 5.54. The summed E-state index contributed by atoms with van der Waals surface area (Å²) in [5.74, 6) is 2.63.